The number of rotatable bonds is 5. The molecule has 0 aliphatic carbocycles. The van der Waals surface area contributed by atoms with Crippen molar-refractivity contribution in [2.24, 2.45) is 7.05 Å². The van der Waals surface area contributed by atoms with Gasteiger partial charge in [-0.05, 0) is 33.9 Å². The summed E-state index contributed by atoms with van der Waals surface area (Å²) in [5, 5.41) is 4.74. The monoisotopic (exact) mass is 378 g/mol. The smallest absolute Gasteiger partial charge is 0.275 e. The van der Waals surface area contributed by atoms with E-state index >= 15 is 0 Å². The number of hydrogen-bond donors (Lipinski definition) is 0. The van der Waals surface area contributed by atoms with Crippen molar-refractivity contribution in [3.8, 4) is 0 Å². The van der Waals surface area contributed by atoms with Gasteiger partial charge in [0, 0.05) is 51.5 Å². The van der Waals surface area contributed by atoms with Gasteiger partial charge in [0.05, 0.1) is 10.7 Å². The first-order valence-corrected chi connectivity index (χ1v) is 9.40. The Morgan fingerprint density at radius 2 is 2.04 bits per heavy atom. The SMILES string of the molecule is Cc1c(Cl)c(C(=O)N2CCC(c3nccn3CCN(C)C)CC2)nn1C. The lowest BCUT2D eigenvalue weighted by molar-refractivity contribution is 0.0703. The van der Waals surface area contributed by atoms with Gasteiger partial charge in [-0.25, -0.2) is 4.98 Å². The number of imidazole rings is 1. The van der Waals surface area contributed by atoms with Gasteiger partial charge in [-0.1, -0.05) is 11.6 Å². The van der Waals surface area contributed by atoms with Gasteiger partial charge in [0.15, 0.2) is 5.69 Å². The zero-order valence-corrected chi connectivity index (χ0v) is 16.7. The van der Waals surface area contributed by atoms with Gasteiger partial charge in [-0.15, -0.1) is 0 Å². The highest BCUT2D eigenvalue weighted by molar-refractivity contribution is 6.34. The molecule has 1 amide bonds. The summed E-state index contributed by atoms with van der Waals surface area (Å²) in [6, 6.07) is 0. The molecule has 0 unspecified atom stereocenters. The quantitative estimate of drug-likeness (QED) is 0.800. The standard InChI is InChI=1S/C18H27ClN6O/c1-13-15(19)16(21-23(13)4)18(26)25-8-5-14(6-9-25)17-20-7-10-24(17)12-11-22(2)3/h7,10,14H,5-6,8-9,11-12H2,1-4H3. The average Bonchev–Trinajstić information content (AvgIpc) is 3.20. The van der Waals surface area contributed by atoms with Crippen LogP contribution in [0.25, 0.3) is 0 Å². The Bertz CT molecular complexity index is 773. The van der Waals surface area contributed by atoms with Gasteiger partial charge >= 0.3 is 0 Å². The Balaban J connectivity index is 1.63. The first-order chi connectivity index (χ1) is 12.4. The molecule has 0 spiro atoms. The number of carbonyl (C=O) groups is 1. The molecule has 1 saturated heterocycles. The Hall–Kier alpha value is -1.86. The first-order valence-electron chi connectivity index (χ1n) is 9.02. The number of hydrogen-bond acceptors (Lipinski definition) is 4. The van der Waals surface area contributed by atoms with Crippen molar-refractivity contribution in [1.82, 2.24) is 29.1 Å². The summed E-state index contributed by atoms with van der Waals surface area (Å²) in [5.41, 5.74) is 1.17. The summed E-state index contributed by atoms with van der Waals surface area (Å²) in [7, 11) is 5.95. The van der Waals surface area contributed by atoms with E-state index in [4.69, 9.17) is 11.6 Å². The summed E-state index contributed by atoms with van der Waals surface area (Å²) in [4.78, 5) is 21.4. The van der Waals surface area contributed by atoms with E-state index in [0.717, 1.165) is 37.4 Å². The van der Waals surface area contributed by atoms with Gasteiger partial charge in [-0.2, -0.15) is 5.10 Å². The average molecular weight is 379 g/mol. The molecule has 0 saturated carbocycles. The number of piperidine rings is 1. The predicted molar refractivity (Wildman–Crippen MR) is 102 cm³/mol. The van der Waals surface area contributed by atoms with E-state index in [1.807, 2.05) is 24.2 Å². The largest absolute Gasteiger partial charge is 0.337 e. The third kappa shape index (κ3) is 3.78. The van der Waals surface area contributed by atoms with E-state index in [9.17, 15) is 4.79 Å². The summed E-state index contributed by atoms with van der Waals surface area (Å²) in [6.45, 7) is 5.19. The molecule has 7 nitrogen and oxygen atoms in total. The topological polar surface area (TPSA) is 59.2 Å². The molecule has 3 rings (SSSR count). The van der Waals surface area contributed by atoms with Crippen molar-refractivity contribution >= 4 is 17.5 Å². The van der Waals surface area contributed by atoms with E-state index in [1.54, 1.807) is 11.7 Å². The number of nitrogens with zero attached hydrogens (tertiary/aromatic N) is 6. The fourth-order valence-electron chi connectivity index (χ4n) is 3.39. The van der Waals surface area contributed by atoms with E-state index in [-0.39, 0.29) is 5.91 Å². The Kier molecular flexibility index (Phi) is 5.67. The molecule has 0 bridgehead atoms. The van der Waals surface area contributed by atoms with Crippen LogP contribution < -0.4 is 0 Å². The second-order valence-corrected chi connectivity index (χ2v) is 7.60. The van der Waals surface area contributed by atoms with Gasteiger partial charge < -0.3 is 14.4 Å². The van der Waals surface area contributed by atoms with Crippen molar-refractivity contribution in [3.63, 3.8) is 0 Å². The summed E-state index contributed by atoms with van der Waals surface area (Å²) in [6.07, 6.45) is 5.74. The molecule has 3 heterocycles. The molecule has 142 valence electrons. The first kappa shape index (κ1) is 18.9. The molecule has 26 heavy (non-hydrogen) atoms. The van der Waals surface area contributed by atoms with Crippen LogP contribution in [0.4, 0.5) is 0 Å². The van der Waals surface area contributed by atoms with E-state index in [2.05, 4.69) is 33.6 Å². The van der Waals surface area contributed by atoms with Crippen LogP contribution in [0, 0.1) is 6.92 Å². The Labute approximate surface area is 159 Å². The molecule has 0 radical (unpaired) electrons. The fourth-order valence-corrected chi connectivity index (χ4v) is 3.63. The molecule has 0 atom stereocenters. The summed E-state index contributed by atoms with van der Waals surface area (Å²) in [5.74, 6) is 1.44. The van der Waals surface area contributed by atoms with Gasteiger partial charge in [0.1, 0.15) is 5.82 Å². The normalized spacial score (nSPS) is 15.8. The molecular weight excluding hydrogens is 352 g/mol. The zero-order chi connectivity index (χ0) is 18.8. The lowest BCUT2D eigenvalue weighted by atomic mass is 9.95. The molecule has 1 aliphatic rings. The van der Waals surface area contributed by atoms with Crippen LogP contribution in [0.1, 0.15) is 40.8 Å². The number of halogens is 1. The molecule has 0 aromatic carbocycles. The number of carbonyl (C=O) groups excluding carboxylic acids is 1. The van der Waals surface area contributed by atoms with E-state index in [1.165, 1.54) is 0 Å². The van der Waals surface area contributed by atoms with Crippen LogP contribution in [0.15, 0.2) is 12.4 Å². The van der Waals surface area contributed by atoms with Crippen LogP contribution in [0.2, 0.25) is 5.02 Å². The van der Waals surface area contributed by atoms with Crippen molar-refractivity contribution in [2.75, 3.05) is 33.7 Å². The minimum atomic E-state index is -0.0758. The van der Waals surface area contributed by atoms with Crippen LogP contribution in [0.3, 0.4) is 0 Å². The van der Waals surface area contributed by atoms with Gasteiger partial charge in [0.25, 0.3) is 5.91 Å². The minimum Gasteiger partial charge on any atom is -0.337 e. The molecule has 1 aliphatic heterocycles. The van der Waals surface area contributed by atoms with Gasteiger partial charge in [-0.3, -0.25) is 9.48 Å². The van der Waals surface area contributed by atoms with Crippen molar-refractivity contribution in [3.05, 3.63) is 34.6 Å². The summed E-state index contributed by atoms with van der Waals surface area (Å²) >= 11 is 6.27. The second-order valence-electron chi connectivity index (χ2n) is 7.22. The minimum absolute atomic E-state index is 0.0758. The molecular formula is C18H27ClN6O. The number of likely N-dealkylation sites (N-methyl/N-ethyl adjacent to an activating group) is 1. The molecule has 8 heteroatoms. The third-order valence-corrected chi connectivity index (χ3v) is 5.60. The highest BCUT2D eigenvalue weighted by Gasteiger charge is 2.29. The highest BCUT2D eigenvalue weighted by atomic mass is 35.5. The number of aromatic nitrogens is 4. The maximum absolute atomic E-state index is 12.8. The van der Waals surface area contributed by atoms with Gasteiger partial charge in [0.2, 0.25) is 0 Å². The summed E-state index contributed by atoms with van der Waals surface area (Å²) < 4.78 is 3.89. The highest BCUT2D eigenvalue weighted by Crippen LogP contribution is 2.29. The third-order valence-electron chi connectivity index (χ3n) is 5.15. The number of aryl methyl sites for hydroxylation is 1. The zero-order valence-electron chi connectivity index (χ0n) is 15.9. The molecule has 0 N–H and O–H groups in total. The maximum Gasteiger partial charge on any atom is 0.275 e. The Morgan fingerprint density at radius 1 is 1.35 bits per heavy atom. The van der Waals surface area contributed by atoms with Crippen LogP contribution in [-0.2, 0) is 13.6 Å². The van der Waals surface area contributed by atoms with Crippen molar-refractivity contribution < 1.29 is 4.79 Å². The fraction of sp³-hybridized carbons (Fsp3) is 0.611. The Morgan fingerprint density at radius 3 is 2.62 bits per heavy atom. The lowest BCUT2D eigenvalue weighted by Crippen LogP contribution is -2.38. The molecule has 1 fully saturated rings. The lowest BCUT2D eigenvalue weighted by Gasteiger charge is -2.31. The second kappa shape index (κ2) is 7.80. The molecule has 2 aromatic rings. The molecule has 2 aromatic heterocycles. The van der Waals surface area contributed by atoms with Crippen molar-refractivity contribution in [1.29, 1.82) is 0 Å². The van der Waals surface area contributed by atoms with Crippen LogP contribution in [-0.4, -0.2) is 68.8 Å². The number of amides is 1. The predicted octanol–water partition coefficient (Wildman–Crippen LogP) is 2.16. The number of likely N-dealkylation sites (tertiary alicyclic amines) is 1. The van der Waals surface area contributed by atoms with Crippen molar-refractivity contribution in [2.45, 2.75) is 32.2 Å². The van der Waals surface area contributed by atoms with Crippen LogP contribution >= 0.6 is 11.6 Å². The van der Waals surface area contributed by atoms with E-state index in [0.29, 0.717) is 29.7 Å². The van der Waals surface area contributed by atoms with E-state index < -0.39 is 0 Å². The maximum atomic E-state index is 12.8. The van der Waals surface area contributed by atoms with Crippen LogP contribution in [0.5, 0.6) is 0 Å².